The Morgan fingerprint density at radius 2 is 1.44 bits per heavy atom. The average Bonchev–Trinajstić information content (AvgIpc) is 3.89. The highest BCUT2D eigenvalue weighted by Crippen LogP contribution is 2.39. The first kappa shape index (κ1) is 29.8. The summed E-state index contributed by atoms with van der Waals surface area (Å²) >= 11 is 3.29. The Morgan fingerprint density at radius 3 is 1.98 bits per heavy atom. The number of pyridine rings is 1. The van der Waals surface area contributed by atoms with E-state index in [-0.39, 0.29) is 30.7 Å². The van der Waals surface area contributed by atoms with Gasteiger partial charge in [-0.05, 0) is 83.9 Å². The van der Waals surface area contributed by atoms with Gasteiger partial charge in [0.1, 0.15) is 0 Å². The number of hydrogen-bond donors (Lipinski definition) is 0. The maximum atomic E-state index is 13.7. The van der Waals surface area contributed by atoms with E-state index in [1.54, 1.807) is 15.8 Å². The third-order valence-corrected chi connectivity index (χ3v) is 8.12. The summed E-state index contributed by atoms with van der Waals surface area (Å²) in [7, 11) is 0. The highest BCUT2D eigenvalue weighted by molar-refractivity contribution is 9.10. The van der Waals surface area contributed by atoms with Gasteiger partial charge in [-0.3, -0.25) is 4.90 Å². The van der Waals surface area contributed by atoms with E-state index in [0.29, 0.717) is 29.6 Å². The van der Waals surface area contributed by atoms with E-state index in [1.165, 1.54) is 12.4 Å². The molecule has 0 aliphatic heterocycles. The normalized spacial score (nSPS) is 15.9. The summed E-state index contributed by atoms with van der Waals surface area (Å²) in [5, 5.41) is 5.23. The Labute approximate surface area is 252 Å². The molecule has 228 valence electrons. The molecule has 2 aliphatic carbocycles. The Bertz CT molecular complexity index is 1570. The van der Waals surface area contributed by atoms with Gasteiger partial charge in [0.2, 0.25) is 5.95 Å². The van der Waals surface area contributed by atoms with E-state index in [2.05, 4.69) is 35.9 Å². The first-order valence-corrected chi connectivity index (χ1v) is 14.8. The quantitative estimate of drug-likeness (QED) is 0.165. The van der Waals surface area contributed by atoms with Crippen LogP contribution in [0.1, 0.15) is 60.6 Å². The molecular weight excluding hydrogens is 640 g/mol. The lowest BCUT2D eigenvalue weighted by atomic mass is 10.0. The average molecular weight is 668 g/mol. The van der Waals surface area contributed by atoms with Crippen molar-refractivity contribution in [1.29, 1.82) is 0 Å². The van der Waals surface area contributed by atoms with Crippen molar-refractivity contribution in [2.75, 3.05) is 4.90 Å². The third-order valence-electron chi connectivity index (χ3n) is 7.72. The summed E-state index contributed by atoms with van der Waals surface area (Å²) in [5.41, 5.74) is -0.594. The third kappa shape index (κ3) is 6.79. The minimum Gasteiger partial charge on any atom is -0.332 e. The fraction of sp³-hybridized carbons (Fsp3) is 0.448. The summed E-state index contributed by atoms with van der Waals surface area (Å²) in [6.07, 6.45) is -0.739. The van der Waals surface area contributed by atoms with Crippen LogP contribution in [0.2, 0.25) is 0 Å². The van der Waals surface area contributed by atoms with Crippen LogP contribution in [0.4, 0.5) is 32.3 Å². The van der Waals surface area contributed by atoms with Crippen LogP contribution in [-0.2, 0) is 38.5 Å². The van der Waals surface area contributed by atoms with Gasteiger partial charge in [0.25, 0.3) is 0 Å². The first-order chi connectivity index (χ1) is 20.4. The molecule has 0 bridgehead atoms. The Balaban J connectivity index is 1.42. The molecule has 2 fully saturated rings. The fourth-order valence-electron chi connectivity index (χ4n) is 5.34. The lowest BCUT2D eigenvalue weighted by Gasteiger charge is -2.27. The molecule has 0 radical (unpaired) electrons. The summed E-state index contributed by atoms with van der Waals surface area (Å²) in [6.45, 7) is 3.00. The SMILES string of the molecule is CCn1ncc2cc(CN(Cc3cc(C(F)(F)F)cc(C(F)(F)F)c3)c3ncc(Br)cn3)c(CN(C3CC3)C3CC3)nc21. The second-order valence-electron chi connectivity index (χ2n) is 11.1. The van der Waals surface area contributed by atoms with Crippen molar-refractivity contribution in [2.45, 2.75) is 83.2 Å². The van der Waals surface area contributed by atoms with Crippen LogP contribution in [0.25, 0.3) is 11.0 Å². The highest BCUT2D eigenvalue weighted by atomic mass is 79.9. The molecule has 0 unspecified atom stereocenters. The summed E-state index contributed by atoms with van der Waals surface area (Å²) < 4.78 is 84.3. The summed E-state index contributed by atoms with van der Waals surface area (Å²) in [6, 6.07) is 4.56. The molecule has 7 nitrogen and oxygen atoms in total. The van der Waals surface area contributed by atoms with Crippen LogP contribution in [0.3, 0.4) is 0 Å². The molecule has 1 aromatic carbocycles. The van der Waals surface area contributed by atoms with Crippen LogP contribution in [0.5, 0.6) is 0 Å². The zero-order chi connectivity index (χ0) is 30.5. The number of alkyl halides is 6. The van der Waals surface area contributed by atoms with Crippen molar-refractivity contribution in [3.05, 3.63) is 75.3 Å². The van der Waals surface area contributed by atoms with Gasteiger partial charge in [-0.15, -0.1) is 0 Å². The van der Waals surface area contributed by atoms with Gasteiger partial charge in [-0.1, -0.05) is 0 Å². The van der Waals surface area contributed by atoms with Crippen molar-refractivity contribution in [3.8, 4) is 0 Å². The Hall–Kier alpha value is -3.26. The molecule has 2 saturated carbocycles. The van der Waals surface area contributed by atoms with Gasteiger partial charge in [0.05, 0.1) is 27.5 Å². The van der Waals surface area contributed by atoms with E-state index in [0.717, 1.165) is 60.1 Å². The van der Waals surface area contributed by atoms with Crippen LogP contribution < -0.4 is 4.90 Å². The lowest BCUT2D eigenvalue weighted by Crippen LogP contribution is -2.30. The fourth-order valence-corrected chi connectivity index (χ4v) is 5.54. The van der Waals surface area contributed by atoms with E-state index in [1.807, 2.05) is 13.0 Å². The molecule has 3 aromatic heterocycles. The molecule has 4 aromatic rings. The minimum absolute atomic E-state index is 0.109. The van der Waals surface area contributed by atoms with Gasteiger partial charge in [-0.25, -0.2) is 19.6 Å². The molecule has 6 rings (SSSR count). The zero-order valence-corrected chi connectivity index (χ0v) is 24.7. The number of rotatable bonds is 10. The number of hydrogen-bond acceptors (Lipinski definition) is 6. The standard InChI is InChI=1S/C29H28BrF6N7/c1-2-43-26-18(11-39-43)9-19(25(40-26)16-42(23-3-4-23)24-5-6-24)15-41(27-37-12-22(30)13-38-27)14-17-7-20(28(31,32)33)10-21(8-17)29(34,35)36/h7-13,23-24H,2-6,14-16H2,1H3. The lowest BCUT2D eigenvalue weighted by molar-refractivity contribution is -0.143. The number of nitrogens with zero attached hydrogens (tertiary/aromatic N) is 7. The molecule has 2 aliphatic rings. The van der Waals surface area contributed by atoms with Crippen LogP contribution in [0, 0.1) is 0 Å². The van der Waals surface area contributed by atoms with Gasteiger partial charge in [-0.2, -0.15) is 31.4 Å². The van der Waals surface area contributed by atoms with E-state index in [9.17, 15) is 26.3 Å². The van der Waals surface area contributed by atoms with Crippen molar-refractivity contribution in [1.82, 2.24) is 29.6 Å². The molecule has 0 saturated heterocycles. The molecule has 0 spiro atoms. The number of anilines is 1. The first-order valence-electron chi connectivity index (χ1n) is 14.0. The van der Waals surface area contributed by atoms with Crippen molar-refractivity contribution in [2.24, 2.45) is 0 Å². The monoisotopic (exact) mass is 667 g/mol. The van der Waals surface area contributed by atoms with E-state index >= 15 is 0 Å². The number of benzene rings is 1. The maximum Gasteiger partial charge on any atom is 0.416 e. The van der Waals surface area contributed by atoms with E-state index in [4.69, 9.17) is 4.98 Å². The predicted molar refractivity (Wildman–Crippen MR) is 151 cm³/mol. The van der Waals surface area contributed by atoms with Gasteiger partial charge in [0.15, 0.2) is 5.65 Å². The van der Waals surface area contributed by atoms with Crippen molar-refractivity contribution >= 4 is 32.9 Å². The molecule has 43 heavy (non-hydrogen) atoms. The Morgan fingerprint density at radius 1 is 0.837 bits per heavy atom. The summed E-state index contributed by atoms with van der Waals surface area (Å²) in [5.74, 6) is 0.158. The van der Waals surface area contributed by atoms with E-state index < -0.39 is 23.5 Å². The van der Waals surface area contributed by atoms with Crippen LogP contribution >= 0.6 is 15.9 Å². The number of fused-ring (bicyclic) bond motifs is 1. The second-order valence-corrected chi connectivity index (χ2v) is 12.0. The number of halogens is 7. The predicted octanol–water partition coefficient (Wildman–Crippen LogP) is 7.37. The molecular formula is C29H28BrF6N7. The highest BCUT2D eigenvalue weighted by Gasteiger charge is 2.40. The Kier molecular flexibility index (Phi) is 7.86. The van der Waals surface area contributed by atoms with Gasteiger partial charge in [0, 0.05) is 56.0 Å². The molecule has 0 N–H and O–H groups in total. The molecule has 0 atom stereocenters. The molecule has 0 amide bonds. The molecule has 3 heterocycles. The maximum absolute atomic E-state index is 13.7. The number of aryl methyl sites for hydroxylation is 1. The van der Waals surface area contributed by atoms with Crippen molar-refractivity contribution in [3.63, 3.8) is 0 Å². The minimum atomic E-state index is -4.95. The van der Waals surface area contributed by atoms with Crippen LogP contribution in [-0.4, -0.2) is 41.7 Å². The smallest absolute Gasteiger partial charge is 0.332 e. The number of aromatic nitrogens is 5. The van der Waals surface area contributed by atoms with Gasteiger partial charge >= 0.3 is 12.4 Å². The zero-order valence-electron chi connectivity index (χ0n) is 23.1. The molecule has 14 heteroatoms. The van der Waals surface area contributed by atoms with Crippen LogP contribution in [0.15, 0.2) is 47.3 Å². The summed E-state index contributed by atoms with van der Waals surface area (Å²) in [4.78, 5) is 17.7. The van der Waals surface area contributed by atoms with Crippen molar-refractivity contribution < 1.29 is 26.3 Å². The van der Waals surface area contributed by atoms with Gasteiger partial charge < -0.3 is 4.90 Å². The second kappa shape index (κ2) is 11.3. The topological polar surface area (TPSA) is 63.0 Å². The largest absolute Gasteiger partial charge is 0.416 e.